The van der Waals surface area contributed by atoms with Crippen molar-refractivity contribution in [3.05, 3.63) is 179 Å². The minimum absolute atomic E-state index is 0.207. The Hall–Kier alpha value is -4.30. The van der Waals surface area contributed by atoms with Gasteiger partial charge in [0.25, 0.3) is 0 Å². The van der Waals surface area contributed by atoms with E-state index in [-0.39, 0.29) is 19.8 Å². The zero-order valence-corrected chi connectivity index (χ0v) is 38.0. The smallest absolute Gasteiger partial charge is 0.187 e. The lowest BCUT2D eigenvalue weighted by atomic mass is 9.96. The fourth-order valence-corrected chi connectivity index (χ4v) is 8.38. The van der Waals surface area contributed by atoms with Crippen molar-refractivity contribution >= 4 is 0 Å². The van der Waals surface area contributed by atoms with E-state index in [9.17, 15) is 5.11 Å². The van der Waals surface area contributed by atoms with E-state index in [2.05, 4.69) is 6.92 Å². The van der Waals surface area contributed by atoms with Gasteiger partial charge >= 0.3 is 0 Å². The van der Waals surface area contributed by atoms with E-state index in [1.54, 1.807) is 0 Å². The van der Waals surface area contributed by atoms with Crippen molar-refractivity contribution < 1.29 is 47.7 Å². The number of ether oxygens (including phenoxy) is 9. The largest absolute Gasteiger partial charge is 0.385 e. The fraction of sp³-hybridized carbons (Fsp3) is 0.455. The Balaban J connectivity index is 1.18. The Morgan fingerprint density at radius 3 is 1.37 bits per heavy atom. The molecule has 0 aliphatic carbocycles. The highest BCUT2D eigenvalue weighted by Crippen LogP contribution is 2.35. The Morgan fingerprint density at radius 1 is 0.431 bits per heavy atom. The number of benzene rings is 5. The van der Waals surface area contributed by atoms with Crippen LogP contribution in [0.1, 0.15) is 80.2 Å². The third-order valence-electron chi connectivity index (χ3n) is 11.9. The topological polar surface area (TPSA) is 103 Å². The molecule has 2 aliphatic heterocycles. The quantitative estimate of drug-likeness (QED) is 0.0540. The van der Waals surface area contributed by atoms with Crippen LogP contribution in [-0.4, -0.2) is 79.7 Å². The summed E-state index contributed by atoms with van der Waals surface area (Å²) in [5, 5.41) is 12.4. The average molecular weight is 889 g/mol. The van der Waals surface area contributed by atoms with Crippen LogP contribution >= 0.6 is 0 Å². The molecule has 0 spiro atoms. The third-order valence-corrected chi connectivity index (χ3v) is 11.9. The third kappa shape index (κ3) is 15.1. The summed E-state index contributed by atoms with van der Waals surface area (Å²) in [5.41, 5.74) is 5.00. The van der Waals surface area contributed by atoms with Crippen LogP contribution in [0.25, 0.3) is 0 Å². The molecule has 10 atom stereocenters. The second kappa shape index (κ2) is 26.7. The maximum atomic E-state index is 12.4. The van der Waals surface area contributed by atoms with Gasteiger partial charge in [0, 0.05) is 6.61 Å². The highest BCUT2D eigenvalue weighted by molar-refractivity contribution is 5.17. The summed E-state index contributed by atoms with van der Waals surface area (Å²) in [5.74, 6) is 0. The summed E-state index contributed by atoms with van der Waals surface area (Å²) in [4.78, 5) is 0. The fourth-order valence-electron chi connectivity index (χ4n) is 8.38. The van der Waals surface area contributed by atoms with E-state index in [1.165, 1.54) is 19.3 Å². The van der Waals surface area contributed by atoms with Gasteiger partial charge in [-0.2, -0.15) is 0 Å². The van der Waals surface area contributed by atoms with Crippen LogP contribution in [0, 0.1) is 0 Å². The van der Waals surface area contributed by atoms with Crippen molar-refractivity contribution in [3.63, 3.8) is 0 Å². The molecule has 2 aliphatic rings. The minimum Gasteiger partial charge on any atom is -0.385 e. The number of aliphatic hydroxyl groups excluding tert-OH is 1. The van der Waals surface area contributed by atoms with Gasteiger partial charge in [-0.25, -0.2) is 0 Å². The maximum Gasteiger partial charge on any atom is 0.187 e. The monoisotopic (exact) mass is 888 g/mol. The van der Waals surface area contributed by atoms with Gasteiger partial charge < -0.3 is 47.7 Å². The van der Waals surface area contributed by atoms with Crippen molar-refractivity contribution in [2.24, 2.45) is 0 Å². The zero-order valence-electron chi connectivity index (χ0n) is 38.0. The molecule has 10 nitrogen and oxygen atoms in total. The standard InChI is InChI=1S/C55H68O10/c1-3-4-5-6-7-23-34-58-55-53(65-54-48(56)51(61-38-45-30-19-11-20-31-45)49(41(2)63-54)59-36-43-26-15-9-16-27-43)52(62-39-46-32-21-12-22-33-46)50(60-37-44-28-17-10-18-29-44)47(64-55)40-57-35-42-24-13-8-14-25-42/h8-22,24-33,41,47-56H,3-7,23,34-40H2,1-2H3/t41-,47+,48-,49+,50-,51-,52-,53+,54-,55+/m0/s1. The van der Waals surface area contributed by atoms with E-state index >= 15 is 0 Å². The molecule has 0 bridgehead atoms. The molecule has 0 saturated carbocycles. The van der Waals surface area contributed by atoms with Crippen molar-refractivity contribution in [1.82, 2.24) is 0 Å². The number of hydrogen-bond donors (Lipinski definition) is 1. The molecular weight excluding hydrogens is 821 g/mol. The first kappa shape index (κ1) is 48.6. The van der Waals surface area contributed by atoms with Gasteiger partial charge in [0.15, 0.2) is 12.6 Å². The molecule has 348 valence electrons. The summed E-state index contributed by atoms with van der Waals surface area (Å²) >= 11 is 0. The summed E-state index contributed by atoms with van der Waals surface area (Å²) in [7, 11) is 0. The molecule has 7 rings (SSSR count). The summed E-state index contributed by atoms with van der Waals surface area (Å²) in [6.07, 6.45) is -1.66. The van der Waals surface area contributed by atoms with Crippen LogP contribution in [-0.2, 0) is 75.7 Å². The summed E-state index contributed by atoms with van der Waals surface area (Å²) in [6.45, 7) is 6.32. The van der Waals surface area contributed by atoms with E-state index in [4.69, 9.17) is 42.6 Å². The lowest BCUT2D eigenvalue weighted by molar-refractivity contribution is -0.376. The molecule has 1 N–H and O–H groups in total. The summed E-state index contributed by atoms with van der Waals surface area (Å²) < 4.78 is 60.6. The molecule has 0 radical (unpaired) electrons. The molecular formula is C55H68O10. The van der Waals surface area contributed by atoms with Gasteiger partial charge in [-0.1, -0.05) is 191 Å². The van der Waals surface area contributed by atoms with Gasteiger partial charge in [-0.05, 0) is 41.2 Å². The molecule has 0 aromatic heterocycles. The SMILES string of the molecule is CCCCCCCCO[C@@H]1O[C@H](COCc2ccccc2)[C@H](OCc2ccccc2)[C@H](OCc2ccccc2)[C@H]1O[C@@H]1O[C@@H](C)[C@@H](OCc2ccccc2)[C@@H](OCc2ccccc2)[C@@H]1O. The molecule has 2 saturated heterocycles. The van der Waals surface area contributed by atoms with Crippen LogP contribution in [0.4, 0.5) is 0 Å². The number of hydrogen-bond acceptors (Lipinski definition) is 10. The molecule has 5 aromatic rings. The van der Waals surface area contributed by atoms with E-state index in [0.29, 0.717) is 26.4 Å². The van der Waals surface area contributed by atoms with Crippen LogP contribution in [0.3, 0.4) is 0 Å². The zero-order chi connectivity index (χ0) is 44.9. The van der Waals surface area contributed by atoms with Crippen LogP contribution in [0.2, 0.25) is 0 Å². The van der Waals surface area contributed by atoms with Crippen molar-refractivity contribution in [2.75, 3.05) is 13.2 Å². The number of aliphatic hydroxyl groups is 1. The predicted molar refractivity (Wildman–Crippen MR) is 249 cm³/mol. The van der Waals surface area contributed by atoms with Crippen molar-refractivity contribution in [2.45, 2.75) is 147 Å². The van der Waals surface area contributed by atoms with Crippen molar-refractivity contribution in [1.29, 1.82) is 0 Å². The van der Waals surface area contributed by atoms with Crippen LogP contribution in [0.5, 0.6) is 0 Å². The highest BCUT2D eigenvalue weighted by Gasteiger charge is 2.53. The molecule has 10 heteroatoms. The average Bonchev–Trinajstić information content (AvgIpc) is 3.35. The number of rotatable bonds is 26. The first-order valence-electron chi connectivity index (χ1n) is 23.6. The van der Waals surface area contributed by atoms with Gasteiger partial charge in [0.2, 0.25) is 0 Å². The first-order valence-corrected chi connectivity index (χ1v) is 23.6. The Kier molecular flexibility index (Phi) is 20.0. The Morgan fingerprint density at radius 2 is 0.862 bits per heavy atom. The molecule has 65 heavy (non-hydrogen) atoms. The second-order valence-electron chi connectivity index (χ2n) is 17.0. The van der Waals surface area contributed by atoms with Crippen LogP contribution in [0.15, 0.2) is 152 Å². The summed E-state index contributed by atoms with van der Waals surface area (Å²) in [6, 6.07) is 50.0. The molecule has 2 heterocycles. The minimum atomic E-state index is -1.26. The van der Waals surface area contributed by atoms with Gasteiger partial charge in [-0.3, -0.25) is 0 Å². The lowest BCUT2D eigenvalue weighted by Gasteiger charge is -2.49. The van der Waals surface area contributed by atoms with E-state index in [0.717, 1.165) is 47.1 Å². The molecule has 0 unspecified atom stereocenters. The van der Waals surface area contributed by atoms with Crippen LogP contribution < -0.4 is 0 Å². The molecule has 2 fully saturated rings. The van der Waals surface area contributed by atoms with Gasteiger partial charge in [0.1, 0.15) is 42.7 Å². The lowest BCUT2D eigenvalue weighted by Crippen LogP contribution is -2.65. The van der Waals surface area contributed by atoms with Gasteiger partial charge in [-0.15, -0.1) is 0 Å². The van der Waals surface area contributed by atoms with E-state index < -0.39 is 61.4 Å². The second-order valence-corrected chi connectivity index (χ2v) is 17.0. The van der Waals surface area contributed by atoms with Gasteiger partial charge in [0.05, 0.1) is 45.7 Å². The molecule has 5 aromatic carbocycles. The normalized spacial score (nSPS) is 25.6. The van der Waals surface area contributed by atoms with E-state index in [1.807, 2.05) is 159 Å². The maximum absolute atomic E-state index is 12.4. The predicted octanol–water partition coefficient (Wildman–Crippen LogP) is 10.1. The highest BCUT2D eigenvalue weighted by atomic mass is 16.8. The molecule has 0 amide bonds. The first-order chi connectivity index (χ1) is 32.1. The Labute approximate surface area is 386 Å². The number of unbranched alkanes of at least 4 members (excludes halogenated alkanes) is 5. The Bertz CT molecular complexity index is 1990. The van der Waals surface area contributed by atoms with Crippen molar-refractivity contribution in [3.8, 4) is 0 Å².